The topological polar surface area (TPSA) is 118 Å². The minimum Gasteiger partial charge on any atom is -0.497 e. The smallest absolute Gasteiger partial charge is 0.329 e. The van der Waals surface area contributed by atoms with Crippen LogP contribution >= 0.6 is 0 Å². The number of carbonyl (C=O) groups excluding carboxylic acids is 3. The fourth-order valence-electron chi connectivity index (χ4n) is 2.80. The summed E-state index contributed by atoms with van der Waals surface area (Å²) in [5, 5.41) is 9.01. The zero-order valence-electron chi connectivity index (χ0n) is 18.7. The maximum atomic E-state index is 12.0. The second-order valence-electron chi connectivity index (χ2n) is 7.16. The molecule has 0 saturated carbocycles. The molecule has 0 aromatic heterocycles. The summed E-state index contributed by atoms with van der Waals surface area (Å²) >= 11 is 0. The third-order valence-corrected chi connectivity index (χ3v) is 4.49. The normalized spacial score (nSPS) is 10.4. The highest BCUT2D eigenvalue weighted by Crippen LogP contribution is 2.15. The number of amides is 3. The first-order valence-corrected chi connectivity index (χ1v) is 10.3. The second-order valence-corrected chi connectivity index (χ2v) is 7.16. The minimum atomic E-state index is -0.911. The number of nitrogens with zero attached hydrogens (tertiary/aromatic N) is 1. The number of nitrogens with one attached hydrogen (secondary N) is 3. The van der Waals surface area contributed by atoms with Crippen LogP contribution in [0.15, 0.2) is 77.9 Å². The van der Waals surface area contributed by atoms with Gasteiger partial charge in [-0.25, -0.2) is 5.43 Å². The van der Waals surface area contributed by atoms with Crippen molar-refractivity contribution in [3.05, 3.63) is 83.9 Å². The van der Waals surface area contributed by atoms with E-state index < -0.39 is 11.8 Å². The Morgan fingerprint density at radius 1 is 0.853 bits per heavy atom. The summed E-state index contributed by atoms with van der Waals surface area (Å²) in [6, 6.07) is 20.8. The number of rotatable bonds is 8. The van der Waals surface area contributed by atoms with Crippen LogP contribution in [0.25, 0.3) is 0 Å². The molecule has 0 spiro atoms. The van der Waals surface area contributed by atoms with Crippen LogP contribution in [-0.4, -0.2) is 37.7 Å². The van der Waals surface area contributed by atoms with Crippen LogP contribution in [0.4, 0.5) is 11.4 Å². The van der Waals surface area contributed by atoms with Crippen molar-refractivity contribution in [2.45, 2.75) is 6.92 Å². The molecule has 0 radical (unpaired) electrons. The molecule has 0 aliphatic rings. The number of aryl methyl sites for hydroxylation is 1. The number of hydrogen-bond donors (Lipinski definition) is 3. The highest BCUT2D eigenvalue weighted by molar-refractivity contribution is 6.39. The van der Waals surface area contributed by atoms with Crippen molar-refractivity contribution in [3.8, 4) is 11.5 Å². The Morgan fingerprint density at radius 3 is 2.24 bits per heavy atom. The van der Waals surface area contributed by atoms with Crippen molar-refractivity contribution in [2.24, 2.45) is 5.10 Å². The van der Waals surface area contributed by atoms with E-state index >= 15 is 0 Å². The number of hydrogen-bond acceptors (Lipinski definition) is 6. The molecule has 0 bridgehead atoms. The quantitative estimate of drug-likeness (QED) is 0.271. The van der Waals surface area contributed by atoms with E-state index in [2.05, 4.69) is 21.2 Å². The molecule has 0 saturated heterocycles. The first-order valence-electron chi connectivity index (χ1n) is 10.3. The summed E-state index contributed by atoms with van der Waals surface area (Å²) in [4.78, 5) is 35.9. The lowest BCUT2D eigenvalue weighted by Gasteiger charge is -2.08. The molecule has 3 aromatic rings. The summed E-state index contributed by atoms with van der Waals surface area (Å²) in [6.45, 7) is 1.81. The highest BCUT2D eigenvalue weighted by Gasteiger charge is 2.12. The van der Waals surface area contributed by atoms with Crippen molar-refractivity contribution in [2.75, 3.05) is 24.4 Å². The SMILES string of the molecule is COc1ccc(NC(=O)C(=O)N/N=C\c2ccc(OCC(=O)Nc3cccc(C)c3)cc2)cc1. The lowest BCUT2D eigenvalue weighted by Crippen LogP contribution is -2.32. The van der Waals surface area contributed by atoms with Crippen LogP contribution in [0.2, 0.25) is 0 Å². The fourth-order valence-corrected chi connectivity index (χ4v) is 2.80. The Labute approximate surface area is 196 Å². The first kappa shape index (κ1) is 24.0. The van der Waals surface area contributed by atoms with Crippen LogP contribution in [0.3, 0.4) is 0 Å². The number of carbonyl (C=O) groups is 3. The zero-order valence-corrected chi connectivity index (χ0v) is 18.7. The van der Waals surface area contributed by atoms with Gasteiger partial charge in [-0.3, -0.25) is 14.4 Å². The van der Waals surface area contributed by atoms with Crippen molar-refractivity contribution >= 4 is 35.3 Å². The van der Waals surface area contributed by atoms with E-state index in [4.69, 9.17) is 9.47 Å². The lowest BCUT2D eigenvalue weighted by molar-refractivity contribution is -0.136. The monoisotopic (exact) mass is 460 g/mol. The maximum Gasteiger partial charge on any atom is 0.329 e. The van der Waals surface area contributed by atoms with Crippen molar-refractivity contribution in [3.63, 3.8) is 0 Å². The largest absolute Gasteiger partial charge is 0.497 e. The third-order valence-electron chi connectivity index (χ3n) is 4.49. The molecule has 9 nitrogen and oxygen atoms in total. The average molecular weight is 460 g/mol. The molecular formula is C25H24N4O5. The predicted octanol–water partition coefficient (Wildman–Crippen LogP) is 3.11. The van der Waals surface area contributed by atoms with Crippen molar-refractivity contribution < 1.29 is 23.9 Å². The number of benzene rings is 3. The van der Waals surface area contributed by atoms with Crippen LogP contribution in [-0.2, 0) is 14.4 Å². The molecule has 3 rings (SSSR count). The number of methoxy groups -OCH3 is 1. The molecule has 3 amide bonds. The Bertz CT molecular complexity index is 1170. The van der Waals surface area contributed by atoms with Gasteiger partial charge in [0, 0.05) is 11.4 Å². The first-order chi connectivity index (χ1) is 16.4. The maximum absolute atomic E-state index is 12.0. The molecule has 0 heterocycles. The summed E-state index contributed by atoms with van der Waals surface area (Å²) in [5.74, 6) is -0.901. The summed E-state index contributed by atoms with van der Waals surface area (Å²) in [6.07, 6.45) is 1.38. The van der Waals surface area contributed by atoms with E-state index in [1.54, 1.807) is 54.6 Å². The second kappa shape index (κ2) is 11.8. The molecule has 0 unspecified atom stereocenters. The van der Waals surface area contributed by atoms with Crippen LogP contribution in [0, 0.1) is 6.92 Å². The molecule has 3 N–H and O–H groups in total. The van der Waals surface area contributed by atoms with Gasteiger partial charge in [0.15, 0.2) is 6.61 Å². The van der Waals surface area contributed by atoms with Crippen LogP contribution in [0.1, 0.15) is 11.1 Å². The summed E-state index contributed by atoms with van der Waals surface area (Å²) in [5.41, 5.74) is 5.03. The number of ether oxygens (including phenoxy) is 2. The van der Waals surface area contributed by atoms with Gasteiger partial charge in [-0.05, 0) is 78.7 Å². The standard InChI is InChI=1S/C25H24N4O5/c1-17-4-3-5-20(14-17)27-23(30)16-34-22-10-6-18(7-11-22)15-26-29-25(32)24(31)28-19-8-12-21(33-2)13-9-19/h3-15H,16H2,1-2H3,(H,27,30)(H,28,31)(H,29,32)/b26-15-. The minimum absolute atomic E-state index is 0.138. The molecule has 3 aromatic carbocycles. The molecule has 174 valence electrons. The van der Waals surface area contributed by atoms with Gasteiger partial charge in [-0.1, -0.05) is 12.1 Å². The van der Waals surface area contributed by atoms with E-state index in [0.29, 0.717) is 28.4 Å². The number of hydrazone groups is 1. The van der Waals surface area contributed by atoms with Gasteiger partial charge in [0.25, 0.3) is 5.91 Å². The molecule has 34 heavy (non-hydrogen) atoms. The molecule has 0 atom stereocenters. The molecule has 0 aliphatic heterocycles. The Kier molecular flexibility index (Phi) is 8.34. The fraction of sp³-hybridized carbons (Fsp3) is 0.120. The van der Waals surface area contributed by atoms with E-state index in [1.807, 2.05) is 25.1 Å². The third kappa shape index (κ3) is 7.49. The van der Waals surface area contributed by atoms with Gasteiger partial charge in [0.05, 0.1) is 13.3 Å². The zero-order chi connectivity index (χ0) is 24.3. The van der Waals surface area contributed by atoms with E-state index in [0.717, 1.165) is 5.56 Å². The number of anilines is 2. The molecule has 9 heteroatoms. The summed E-state index contributed by atoms with van der Waals surface area (Å²) in [7, 11) is 1.53. The van der Waals surface area contributed by atoms with Gasteiger partial charge in [-0.2, -0.15) is 5.10 Å². The highest BCUT2D eigenvalue weighted by atomic mass is 16.5. The Morgan fingerprint density at radius 2 is 1.56 bits per heavy atom. The van der Waals surface area contributed by atoms with E-state index in [-0.39, 0.29) is 12.5 Å². The van der Waals surface area contributed by atoms with Gasteiger partial charge in [0.2, 0.25) is 0 Å². The summed E-state index contributed by atoms with van der Waals surface area (Å²) < 4.78 is 10.5. The lowest BCUT2D eigenvalue weighted by atomic mass is 10.2. The Hall–Kier alpha value is -4.66. The van der Waals surface area contributed by atoms with E-state index in [9.17, 15) is 14.4 Å². The average Bonchev–Trinajstić information content (AvgIpc) is 2.84. The van der Waals surface area contributed by atoms with Crippen LogP contribution in [0.5, 0.6) is 11.5 Å². The predicted molar refractivity (Wildman–Crippen MR) is 129 cm³/mol. The van der Waals surface area contributed by atoms with Gasteiger partial charge < -0.3 is 20.1 Å². The van der Waals surface area contributed by atoms with Gasteiger partial charge in [-0.15, -0.1) is 0 Å². The molecular weight excluding hydrogens is 436 g/mol. The molecule has 0 fully saturated rings. The van der Waals surface area contributed by atoms with Crippen LogP contribution < -0.4 is 25.5 Å². The van der Waals surface area contributed by atoms with Crippen molar-refractivity contribution in [1.82, 2.24) is 5.43 Å². The van der Waals surface area contributed by atoms with Crippen molar-refractivity contribution in [1.29, 1.82) is 0 Å². The molecule has 0 aliphatic carbocycles. The Balaban J connectivity index is 1.42. The van der Waals surface area contributed by atoms with Gasteiger partial charge in [0.1, 0.15) is 11.5 Å². The van der Waals surface area contributed by atoms with E-state index in [1.165, 1.54) is 13.3 Å². The van der Waals surface area contributed by atoms with Gasteiger partial charge >= 0.3 is 11.8 Å².